The van der Waals surface area contributed by atoms with Crippen LogP contribution in [0.1, 0.15) is 30.0 Å². The number of phenols is 1. The molecule has 3 rings (SSSR count). The summed E-state index contributed by atoms with van der Waals surface area (Å²) < 4.78 is 53.6. The molecule has 1 saturated carbocycles. The van der Waals surface area contributed by atoms with E-state index in [1.165, 1.54) is 0 Å². The summed E-state index contributed by atoms with van der Waals surface area (Å²) in [6.45, 7) is 2.55. The minimum atomic E-state index is -4.61. The summed E-state index contributed by atoms with van der Waals surface area (Å²) in [7, 11) is 0. The smallest absolute Gasteiger partial charge is 0.416 e. The molecule has 1 aliphatic heterocycles. The van der Waals surface area contributed by atoms with E-state index in [0.717, 1.165) is 18.9 Å². The van der Waals surface area contributed by atoms with Gasteiger partial charge in [0.05, 0.1) is 5.56 Å². The molecule has 1 saturated heterocycles. The van der Waals surface area contributed by atoms with Gasteiger partial charge in [0.25, 0.3) is 0 Å². The third-order valence-electron chi connectivity index (χ3n) is 4.38. The van der Waals surface area contributed by atoms with Gasteiger partial charge in [0.2, 0.25) is 0 Å². The van der Waals surface area contributed by atoms with Crippen molar-refractivity contribution in [2.45, 2.75) is 25.1 Å². The van der Waals surface area contributed by atoms with Crippen LogP contribution in [-0.2, 0) is 6.18 Å². The van der Waals surface area contributed by atoms with E-state index in [9.17, 15) is 22.7 Å². The minimum Gasteiger partial charge on any atom is -0.505 e. The third kappa shape index (κ3) is 4.25. The van der Waals surface area contributed by atoms with E-state index in [-0.39, 0.29) is 36.3 Å². The molecular formula is C15H20Cl2F4N2O. The molecule has 1 aliphatic carbocycles. The lowest BCUT2D eigenvalue weighted by molar-refractivity contribution is -0.139. The molecule has 1 aromatic rings. The van der Waals surface area contributed by atoms with Crippen molar-refractivity contribution in [2.75, 3.05) is 26.2 Å². The van der Waals surface area contributed by atoms with Gasteiger partial charge in [-0.15, -0.1) is 24.8 Å². The standard InChI is InChI=1S/C15H18F4N2O.2ClH/c16-11-4-3-10(15(17,18)19)12(14(11)22)13(9-1-2-9)21-7-5-20-6-8-21;;/h3-4,9,13,20,22H,1-2,5-8H2;2*1H/t13-;;/m0../s1. The lowest BCUT2D eigenvalue weighted by Gasteiger charge is -2.36. The van der Waals surface area contributed by atoms with Gasteiger partial charge in [-0.2, -0.15) is 13.2 Å². The van der Waals surface area contributed by atoms with Gasteiger partial charge in [0, 0.05) is 37.8 Å². The molecule has 3 nitrogen and oxygen atoms in total. The summed E-state index contributed by atoms with van der Waals surface area (Å²) in [5.74, 6) is -1.80. The molecule has 24 heavy (non-hydrogen) atoms. The second-order valence-corrected chi connectivity index (χ2v) is 5.92. The van der Waals surface area contributed by atoms with Crippen molar-refractivity contribution in [3.05, 3.63) is 29.1 Å². The maximum Gasteiger partial charge on any atom is 0.416 e. The zero-order valence-corrected chi connectivity index (χ0v) is 14.4. The van der Waals surface area contributed by atoms with E-state index in [4.69, 9.17) is 0 Å². The van der Waals surface area contributed by atoms with Gasteiger partial charge < -0.3 is 10.4 Å². The third-order valence-corrected chi connectivity index (χ3v) is 4.38. The molecule has 0 spiro atoms. The molecule has 0 unspecified atom stereocenters. The Kier molecular flexibility index (Phi) is 7.16. The average Bonchev–Trinajstić information content (AvgIpc) is 3.28. The number of piperazine rings is 1. The van der Waals surface area contributed by atoms with Crippen LogP contribution in [0.25, 0.3) is 0 Å². The van der Waals surface area contributed by atoms with Gasteiger partial charge in [-0.05, 0) is 30.9 Å². The predicted octanol–water partition coefficient (Wildman–Crippen LogP) is 3.75. The van der Waals surface area contributed by atoms with Gasteiger partial charge in [-0.1, -0.05) is 0 Å². The van der Waals surface area contributed by atoms with E-state index in [2.05, 4.69) is 5.32 Å². The molecule has 1 aromatic carbocycles. The molecule has 1 atom stereocenters. The highest BCUT2D eigenvalue weighted by Crippen LogP contribution is 2.51. The fraction of sp³-hybridized carbons (Fsp3) is 0.600. The Bertz CT molecular complexity index is 561. The van der Waals surface area contributed by atoms with Crippen LogP contribution in [-0.4, -0.2) is 36.2 Å². The van der Waals surface area contributed by atoms with Crippen LogP contribution in [0.4, 0.5) is 17.6 Å². The first-order chi connectivity index (χ1) is 10.4. The van der Waals surface area contributed by atoms with E-state index in [1.54, 1.807) is 0 Å². The number of halogens is 6. The Hall–Kier alpha value is -0.760. The first kappa shape index (κ1) is 21.3. The fourth-order valence-electron chi connectivity index (χ4n) is 3.22. The van der Waals surface area contributed by atoms with Crippen LogP contribution in [0.5, 0.6) is 5.75 Å². The topological polar surface area (TPSA) is 35.5 Å². The van der Waals surface area contributed by atoms with E-state index >= 15 is 0 Å². The number of phenolic OH excluding ortho intramolecular Hbond substituents is 1. The number of nitrogens with zero attached hydrogens (tertiary/aromatic N) is 1. The highest BCUT2D eigenvalue weighted by atomic mass is 35.5. The van der Waals surface area contributed by atoms with Crippen LogP contribution in [0.15, 0.2) is 12.1 Å². The summed E-state index contributed by atoms with van der Waals surface area (Å²) in [6.07, 6.45) is -2.99. The van der Waals surface area contributed by atoms with Crippen LogP contribution >= 0.6 is 24.8 Å². The molecule has 9 heteroatoms. The lowest BCUT2D eigenvalue weighted by atomic mass is 9.93. The maximum absolute atomic E-state index is 13.7. The molecule has 0 aromatic heterocycles. The van der Waals surface area contributed by atoms with Crippen LogP contribution < -0.4 is 5.32 Å². The van der Waals surface area contributed by atoms with Gasteiger partial charge in [-0.3, -0.25) is 4.90 Å². The van der Waals surface area contributed by atoms with Crippen LogP contribution in [0, 0.1) is 11.7 Å². The number of alkyl halides is 3. The molecular weight excluding hydrogens is 371 g/mol. The maximum atomic E-state index is 13.7. The first-order valence-electron chi connectivity index (χ1n) is 7.43. The molecule has 0 amide bonds. The predicted molar refractivity (Wildman–Crippen MR) is 87.5 cm³/mol. The van der Waals surface area contributed by atoms with Gasteiger partial charge in [0.1, 0.15) is 0 Å². The van der Waals surface area contributed by atoms with Gasteiger partial charge in [0.15, 0.2) is 11.6 Å². The lowest BCUT2D eigenvalue weighted by Crippen LogP contribution is -2.46. The summed E-state index contributed by atoms with van der Waals surface area (Å²) >= 11 is 0. The minimum absolute atomic E-state index is 0. The quantitative estimate of drug-likeness (QED) is 0.771. The largest absolute Gasteiger partial charge is 0.505 e. The SMILES string of the molecule is Cl.Cl.Oc1c(F)ccc(C(F)(F)F)c1[C@H](C1CC1)N1CCNCC1. The molecule has 0 radical (unpaired) electrons. The molecule has 0 bridgehead atoms. The average molecular weight is 391 g/mol. The van der Waals surface area contributed by atoms with Crippen molar-refractivity contribution in [3.63, 3.8) is 0 Å². The van der Waals surface area contributed by atoms with Gasteiger partial charge >= 0.3 is 6.18 Å². The van der Waals surface area contributed by atoms with Crippen molar-refractivity contribution in [1.82, 2.24) is 10.2 Å². The molecule has 1 heterocycles. The summed E-state index contributed by atoms with van der Waals surface area (Å²) in [6, 6.07) is 0.847. The van der Waals surface area contributed by atoms with Crippen molar-refractivity contribution in [3.8, 4) is 5.75 Å². The normalized spacial score (nSPS) is 20.0. The van der Waals surface area contributed by atoms with Crippen molar-refractivity contribution in [2.24, 2.45) is 5.92 Å². The Morgan fingerprint density at radius 3 is 2.21 bits per heavy atom. The summed E-state index contributed by atoms with van der Waals surface area (Å²) in [4.78, 5) is 1.93. The molecule has 2 fully saturated rings. The van der Waals surface area contributed by atoms with E-state index < -0.39 is 29.3 Å². The Balaban J connectivity index is 0.00000144. The fourth-order valence-corrected chi connectivity index (χ4v) is 3.22. The monoisotopic (exact) mass is 390 g/mol. The van der Waals surface area contributed by atoms with Crippen molar-refractivity contribution < 1.29 is 22.7 Å². The van der Waals surface area contributed by atoms with Crippen molar-refractivity contribution >= 4 is 24.8 Å². The number of nitrogens with one attached hydrogen (secondary N) is 1. The second-order valence-electron chi connectivity index (χ2n) is 5.92. The number of aromatic hydroxyl groups is 1. The first-order valence-corrected chi connectivity index (χ1v) is 7.43. The Morgan fingerprint density at radius 2 is 1.71 bits per heavy atom. The Labute approximate surface area is 150 Å². The number of rotatable bonds is 3. The van der Waals surface area contributed by atoms with E-state index in [0.29, 0.717) is 32.2 Å². The highest BCUT2D eigenvalue weighted by molar-refractivity contribution is 5.85. The number of hydrogen-bond donors (Lipinski definition) is 2. The Morgan fingerprint density at radius 1 is 1.12 bits per heavy atom. The van der Waals surface area contributed by atoms with Crippen LogP contribution in [0.3, 0.4) is 0 Å². The molecule has 2 N–H and O–H groups in total. The zero-order chi connectivity index (χ0) is 15.9. The molecule has 2 aliphatic rings. The summed E-state index contributed by atoms with van der Waals surface area (Å²) in [5.41, 5.74) is -1.22. The number of benzene rings is 1. The van der Waals surface area contributed by atoms with E-state index in [1.807, 2.05) is 4.90 Å². The zero-order valence-electron chi connectivity index (χ0n) is 12.8. The second kappa shape index (κ2) is 8.08. The highest BCUT2D eigenvalue weighted by Gasteiger charge is 2.44. The van der Waals surface area contributed by atoms with Crippen LogP contribution in [0.2, 0.25) is 0 Å². The summed E-state index contributed by atoms with van der Waals surface area (Å²) in [5, 5.41) is 13.2. The number of hydrogen-bond acceptors (Lipinski definition) is 3. The van der Waals surface area contributed by atoms with Gasteiger partial charge in [-0.25, -0.2) is 4.39 Å². The van der Waals surface area contributed by atoms with Crippen molar-refractivity contribution in [1.29, 1.82) is 0 Å². The molecule has 138 valence electrons.